The van der Waals surface area contributed by atoms with E-state index < -0.39 is 0 Å². The van der Waals surface area contributed by atoms with E-state index in [1.807, 2.05) is 31.2 Å². The van der Waals surface area contributed by atoms with Crippen LogP contribution in [0.1, 0.15) is 16.7 Å². The summed E-state index contributed by atoms with van der Waals surface area (Å²) in [6, 6.07) is 15.8. The van der Waals surface area contributed by atoms with Crippen molar-refractivity contribution in [3.8, 4) is 0 Å². The summed E-state index contributed by atoms with van der Waals surface area (Å²) in [6.45, 7) is 2.44. The van der Waals surface area contributed by atoms with Gasteiger partial charge in [-0.15, -0.1) is 0 Å². The number of carbonyl (C=O) groups excluding carboxylic acids is 1. The zero-order chi connectivity index (χ0) is 19.5. The number of halogens is 1. The van der Waals surface area contributed by atoms with Gasteiger partial charge in [0.25, 0.3) is 0 Å². The predicted octanol–water partition coefficient (Wildman–Crippen LogP) is 4.91. The summed E-state index contributed by atoms with van der Waals surface area (Å²) in [4.78, 5) is 23.5. The van der Waals surface area contributed by atoms with E-state index in [2.05, 4.69) is 16.0 Å². The first-order valence-electron chi connectivity index (χ1n) is 8.89. The molecule has 2 aromatic heterocycles. The van der Waals surface area contributed by atoms with Gasteiger partial charge in [-0.05, 0) is 60.0 Å². The van der Waals surface area contributed by atoms with Crippen LogP contribution in [0.15, 0.2) is 67.0 Å². The summed E-state index contributed by atoms with van der Waals surface area (Å²) in [5.41, 5.74) is 3.77. The molecule has 4 nitrogen and oxygen atoms in total. The van der Waals surface area contributed by atoms with Crippen molar-refractivity contribution in [2.24, 2.45) is 0 Å². The molecule has 0 saturated carbocycles. The molecular formula is C22H18FN3OS. The van der Waals surface area contributed by atoms with E-state index in [-0.39, 0.29) is 18.1 Å². The number of benzene rings is 2. The molecule has 1 amide bonds. The molecule has 0 atom stereocenters. The molecule has 0 aliphatic carbocycles. The first-order valence-corrected chi connectivity index (χ1v) is 9.71. The zero-order valence-electron chi connectivity index (χ0n) is 15.3. The smallest absolute Gasteiger partial charge is 0.233 e. The van der Waals surface area contributed by atoms with Gasteiger partial charge in [0.15, 0.2) is 5.13 Å². The number of aromatic nitrogens is 2. The van der Waals surface area contributed by atoms with Crippen LogP contribution in [0.4, 0.5) is 9.52 Å². The van der Waals surface area contributed by atoms with Crippen LogP contribution in [0.2, 0.25) is 0 Å². The maximum Gasteiger partial charge on any atom is 0.233 e. The van der Waals surface area contributed by atoms with E-state index in [1.165, 1.54) is 23.5 Å². The van der Waals surface area contributed by atoms with E-state index in [0.717, 1.165) is 26.9 Å². The van der Waals surface area contributed by atoms with E-state index in [1.54, 1.807) is 29.4 Å². The average Bonchev–Trinajstić information content (AvgIpc) is 3.11. The maximum absolute atomic E-state index is 13.2. The topological polar surface area (TPSA) is 46.1 Å². The molecule has 0 radical (unpaired) electrons. The van der Waals surface area contributed by atoms with Crippen molar-refractivity contribution in [2.75, 3.05) is 4.90 Å². The number of hydrogen-bond acceptors (Lipinski definition) is 4. The number of rotatable bonds is 5. The van der Waals surface area contributed by atoms with E-state index in [9.17, 15) is 9.18 Å². The SMILES string of the molecule is Cc1ccc2nc(N(Cc3ccncc3)C(=O)Cc3ccc(F)cc3)sc2c1. The fourth-order valence-electron chi connectivity index (χ4n) is 2.94. The average molecular weight is 391 g/mol. The largest absolute Gasteiger partial charge is 0.283 e. The third-order valence-electron chi connectivity index (χ3n) is 4.42. The molecule has 0 unspecified atom stereocenters. The number of aryl methyl sites for hydroxylation is 1. The third-order valence-corrected chi connectivity index (χ3v) is 5.46. The lowest BCUT2D eigenvalue weighted by molar-refractivity contribution is -0.118. The summed E-state index contributed by atoms with van der Waals surface area (Å²) < 4.78 is 14.2. The minimum absolute atomic E-state index is 0.0841. The van der Waals surface area contributed by atoms with Gasteiger partial charge in [0, 0.05) is 12.4 Å². The summed E-state index contributed by atoms with van der Waals surface area (Å²) in [7, 11) is 0. The van der Waals surface area contributed by atoms with Crippen molar-refractivity contribution in [3.05, 3.63) is 89.5 Å². The maximum atomic E-state index is 13.2. The second-order valence-corrected chi connectivity index (χ2v) is 7.62. The molecule has 28 heavy (non-hydrogen) atoms. The van der Waals surface area contributed by atoms with E-state index in [0.29, 0.717) is 11.7 Å². The predicted molar refractivity (Wildman–Crippen MR) is 110 cm³/mol. The Morgan fingerprint density at radius 2 is 1.79 bits per heavy atom. The molecule has 2 heterocycles. The van der Waals surface area contributed by atoms with Crippen LogP contribution in [-0.2, 0) is 17.8 Å². The number of nitrogens with zero attached hydrogens (tertiary/aromatic N) is 3. The van der Waals surface area contributed by atoms with Gasteiger partial charge in [-0.25, -0.2) is 9.37 Å². The van der Waals surface area contributed by atoms with Gasteiger partial charge in [0.1, 0.15) is 5.82 Å². The highest BCUT2D eigenvalue weighted by atomic mass is 32.1. The summed E-state index contributed by atoms with van der Waals surface area (Å²) in [5, 5.41) is 0.657. The molecule has 2 aromatic carbocycles. The number of pyridine rings is 1. The highest BCUT2D eigenvalue weighted by Crippen LogP contribution is 2.31. The molecule has 0 fully saturated rings. The molecule has 0 spiro atoms. The van der Waals surface area contributed by atoms with Gasteiger partial charge >= 0.3 is 0 Å². The fourth-order valence-corrected chi connectivity index (χ4v) is 4.02. The van der Waals surface area contributed by atoms with Gasteiger partial charge in [-0.3, -0.25) is 14.7 Å². The number of fused-ring (bicyclic) bond motifs is 1. The normalized spacial score (nSPS) is 10.9. The van der Waals surface area contributed by atoms with Crippen molar-refractivity contribution in [2.45, 2.75) is 19.9 Å². The van der Waals surface area contributed by atoms with E-state index >= 15 is 0 Å². The van der Waals surface area contributed by atoms with Gasteiger partial charge in [-0.2, -0.15) is 0 Å². The van der Waals surface area contributed by atoms with Crippen molar-refractivity contribution in [1.82, 2.24) is 9.97 Å². The lowest BCUT2D eigenvalue weighted by atomic mass is 10.1. The molecule has 4 rings (SSSR count). The molecule has 0 bridgehead atoms. The van der Waals surface area contributed by atoms with Gasteiger partial charge < -0.3 is 0 Å². The number of thiazole rings is 1. The number of amides is 1. The Kier molecular flexibility index (Phi) is 5.12. The Hall–Kier alpha value is -3.12. The van der Waals surface area contributed by atoms with Crippen LogP contribution in [0.25, 0.3) is 10.2 Å². The van der Waals surface area contributed by atoms with Crippen LogP contribution < -0.4 is 4.90 Å². The number of carbonyl (C=O) groups is 1. The molecule has 0 aliphatic heterocycles. The number of hydrogen-bond donors (Lipinski definition) is 0. The lowest BCUT2D eigenvalue weighted by Gasteiger charge is -2.20. The molecule has 0 saturated heterocycles. The Balaban J connectivity index is 1.67. The summed E-state index contributed by atoms with van der Waals surface area (Å²) >= 11 is 1.50. The third kappa shape index (κ3) is 4.07. The van der Waals surface area contributed by atoms with Crippen molar-refractivity contribution in [1.29, 1.82) is 0 Å². The quantitative estimate of drug-likeness (QED) is 0.485. The van der Waals surface area contributed by atoms with Gasteiger partial charge in [0.2, 0.25) is 5.91 Å². The highest BCUT2D eigenvalue weighted by molar-refractivity contribution is 7.22. The Bertz CT molecular complexity index is 1110. The first kappa shape index (κ1) is 18.3. The van der Waals surface area contributed by atoms with E-state index in [4.69, 9.17) is 0 Å². The van der Waals surface area contributed by atoms with Crippen LogP contribution in [-0.4, -0.2) is 15.9 Å². The fraction of sp³-hybridized carbons (Fsp3) is 0.136. The van der Waals surface area contributed by atoms with Crippen molar-refractivity contribution < 1.29 is 9.18 Å². The van der Waals surface area contributed by atoms with Crippen molar-refractivity contribution in [3.63, 3.8) is 0 Å². The second kappa shape index (κ2) is 7.86. The van der Waals surface area contributed by atoms with Crippen molar-refractivity contribution >= 4 is 32.6 Å². The Labute approximate surface area is 166 Å². The molecule has 0 aliphatic rings. The second-order valence-electron chi connectivity index (χ2n) is 6.61. The summed E-state index contributed by atoms with van der Waals surface area (Å²) in [5.74, 6) is -0.398. The zero-order valence-corrected chi connectivity index (χ0v) is 16.1. The minimum Gasteiger partial charge on any atom is -0.283 e. The van der Waals surface area contributed by atoms with Crippen LogP contribution in [0, 0.1) is 12.7 Å². The van der Waals surface area contributed by atoms with Crippen LogP contribution in [0.3, 0.4) is 0 Å². The first-order chi connectivity index (χ1) is 13.6. The molecule has 140 valence electrons. The molecule has 0 N–H and O–H groups in total. The molecule has 4 aromatic rings. The van der Waals surface area contributed by atoms with Gasteiger partial charge in [0.05, 0.1) is 23.2 Å². The number of anilines is 1. The van der Waals surface area contributed by atoms with Crippen LogP contribution >= 0.6 is 11.3 Å². The monoisotopic (exact) mass is 391 g/mol. The minimum atomic E-state index is -0.314. The molecular weight excluding hydrogens is 373 g/mol. The summed E-state index contributed by atoms with van der Waals surface area (Å²) in [6.07, 6.45) is 3.60. The molecule has 6 heteroatoms. The lowest BCUT2D eigenvalue weighted by Crippen LogP contribution is -2.31. The Morgan fingerprint density at radius 1 is 1.04 bits per heavy atom. The van der Waals surface area contributed by atoms with Crippen LogP contribution in [0.5, 0.6) is 0 Å². The van der Waals surface area contributed by atoms with Gasteiger partial charge in [-0.1, -0.05) is 29.5 Å². The Morgan fingerprint density at radius 3 is 2.54 bits per heavy atom. The standard InChI is InChI=1S/C22H18FN3OS/c1-15-2-7-19-20(12-15)28-22(25-19)26(14-17-8-10-24-11-9-17)21(27)13-16-3-5-18(23)6-4-16/h2-12H,13-14H2,1H3. The highest BCUT2D eigenvalue weighted by Gasteiger charge is 2.20.